The molecule has 0 spiro atoms. The van der Waals surface area contributed by atoms with Crippen LogP contribution in [0.3, 0.4) is 0 Å². The van der Waals surface area contributed by atoms with Crippen molar-refractivity contribution in [2.45, 2.75) is 19.4 Å². The van der Waals surface area contributed by atoms with Crippen molar-refractivity contribution >= 4 is 11.3 Å². The molecule has 1 atom stereocenters. The maximum Gasteiger partial charge on any atom is 0.119 e. The van der Waals surface area contributed by atoms with Crippen molar-refractivity contribution in [1.29, 1.82) is 0 Å². The Morgan fingerprint density at radius 1 is 1.29 bits per heavy atom. The molecule has 1 aromatic heterocycles. The van der Waals surface area contributed by atoms with Crippen molar-refractivity contribution in [2.75, 3.05) is 6.61 Å². The van der Waals surface area contributed by atoms with Gasteiger partial charge in [0.15, 0.2) is 0 Å². The number of rotatable bonds is 5. The number of hydrogen-bond acceptors (Lipinski definition) is 3. The van der Waals surface area contributed by atoms with E-state index in [2.05, 4.69) is 11.4 Å². The van der Waals surface area contributed by atoms with Gasteiger partial charge in [0.05, 0.1) is 12.7 Å². The highest BCUT2D eigenvalue weighted by Gasteiger charge is 2.02. The molecular weight excluding hydrogens is 232 g/mol. The van der Waals surface area contributed by atoms with Crippen LogP contribution in [0.4, 0.5) is 0 Å². The fraction of sp³-hybridized carbons (Fsp3) is 0.286. The van der Waals surface area contributed by atoms with E-state index in [1.54, 1.807) is 18.3 Å². The van der Waals surface area contributed by atoms with E-state index >= 15 is 0 Å². The van der Waals surface area contributed by atoms with Crippen molar-refractivity contribution in [2.24, 2.45) is 0 Å². The van der Waals surface area contributed by atoms with Crippen LogP contribution in [0, 0.1) is 0 Å². The summed E-state index contributed by atoms with van der Waals surface area (Å²) in [6.07, 6.45) is 0.479. The Balaban J connectivity index is 1.88. The van der Waals surface area contributed by atoms with Gasteiger partial charge in [0.1, 0.15) is 5.75 Å². The normalized spacial score (nSPS) is 12.4. The summed E-state index contributed by atoms with van der Waals surface area (Å²) in [5, 5.41) is 11.5. The molecule has 2 nitrogen and oxygen atoms in total. The smallest absolute Gasteiger partial charge is 0.119 e. The van der Waals surface area contributed by atoms with E-state index in [1.165, 1.54) is 4.88 Å². The lowest BCUT2D eigenvalue weighted by Gasteiger charge is -2.09. The molecule has 0 amide bonds. The summed E-state index contributed by atoms with van der Waals surface area (Å²) in [6.45, 7) is 2.43. The molecular formula is C14H16O2S. The average Bonchev–Trinajstić information content (AvgIpc) is 2.82. The fourth-order valence-electron chi connectivity index (χ4n) is 1.59. The molecule has 2 aromatic rings. The fourth-order valence-corrected chi connectivity index (χ4v) is 2.28. The Morgan fingerprint density at radius 3 is 2.88 bits per heavy atom. The van der Waals surface area contributed by atoms with Crippen LogP contribution in [0.15, 0.2) is 41.8 Å². The zero-order chi connectivity index (χ0) is 12.1. The van der Waals surface area contributed by atoms with Crippen molar-refractivity contribution in [3.05, 3.63) is 52.2 Å². The van der Waals surface area contributed by atoms with Gasteiger partial charge in [0.25, 0.3) is 0 Å². The summed E-state index contributed by atoms with van der Waals surface area (Å²) < 4.78 is 5.67. The monoisotopic (exact) mass is 248 g/mol. The predicted octanol–water partition coefficient (Wildman–Crippen LogP) is 3.42. The van der Waals surface area contributed by atoms with Crippen LogP contribution in [-0.4, -0.2) is 11.7 Å². The Hall–Kier alpha value is -1.32. The van der Waals surface area contributed by atoms with Gasteiger partial charge in [-0.25, -0.2) is 0 Å². The van der Waals surface area contributed by atoms with Gasteiger partial charge in [0.2, 0.25) is 0 Å². The number of hydrogen-bond donors (Lipinski definition) is 1. The van der Waals surface area contributed by atoms with E-state index in [9.17, 15) is 5.11 Å². The zero-order valence-electron chi connectivity index (χ0n) is 9.80. The topological polar surface area (TPSA) is 29.5 Å². The molecule has 1 unspecified atom stereocenters. The molecule has 17 heavy (non-hydrogen) atoms. The van der Waals surface area contributed by atoms with Crippen molar-refractivity contribution in [1.82, 2.24) is 0 Å². The largest absolute Gasteiger partial charge is 0.493 e. The molecule has 0 saturated heterocycles. The third-order valence-corrected chi connectivity index (χ3v) is 3.47. The molecule has 0 fully saturated rings. The number of benzene rings is 1. The van der Waals surface area contributed by atoms with E-state index in [0.717, 1.165) is 17.7 Å². The van der Waals surface area contributed by atoms with E-state index in [0.29, 0.717) is 6.61 Å². The first-order chi connectivity index (χ1) is 8.25. The first kappa shape index (κ1) is 12.1. The molecule has 2 rings (SSSR count). The summed E-state index contributed by atoms with van der Waals surface area (Å²) in [6, 6.07) is 11.8. The minimum Gasteiger partial charge on any atom is -0.493 e. The van der Waals surface area contributed by atoms with Crippen LogP contribution < -0.4 is 4.74 Å². The lowest BCUT2D eigenvalue weighted by molar-refractivity contribution is 0.198. The molecule has 3 heteroatoms. The Morgan fingerprint density at radius 2 is 2.18 bits per heavy atom. The minimum atomic E-state index is -0.448. The second kappa shape index (κ2) is 5.84. The Kier molecular flexibility index (Phi) is 4.18. The van der Waals surface area contributed by atoms with Gasteiger partial charge in [-0.1, -0.05) is 18.2 Å². The highest BCUT2D eigenvalue weighted by Crippen LogP contribution is 2.19. The van der Waals surface area contributed by atoms with Gasteiger partial charge in [-0.05, 0) is 36.1 Å². The lowest BCUT2D eigenvalue weighted by atomic mass is 10.1. The number of aliphatic hydroxyl groups excluding tert-OH is 1. The van der Waals surface area contributed by atoms with Gasteiger partial charge < -0.3 is 9.84 Å². The molecule has 0 aliphatic rings. The number of thiophene rings is 1. The van der Waals surface area contributed by atoms with Crippen LogP contribution >= 0.6 is 11.3 Å². The van der Waals surface area contributed by atoms with Gasteiger partial charge in [-0.15, -0.1) is 11.3 Å². The van der Waals surface area contributed by atoms with E-state index in [4.69, 9.17) is 4.74 Å². The third kappa shape index (κ3) is 3.58. The minimum absolute atomic E-state index is 0.448. The summed E-state index contributed by atoms with van der Waals surface area (Å²) in [5.41, 5.74) is 0.888. The van der Waals surface area contributed by atoms with Crippen LogP contribution in [-0.2, 0) is 6.42 Å². The van der Waals surface area contributed by atoms with Gasteiger partial charge in [-0.2, -0.15) is 0 Å². The number of ether oxygens (including phenoxy) is 1. The Bertz CT molecular complexity index is 449. The number of aliphatic hydroxyl groups is 1. The molecule has 90 valence electrons. The summed E-state index contributed by atoms with van der Waals surface area (Å²) >= 11 is 1.75. The maximum absolute atomic E-state index is 9.47. The van der Waals surface area contributed by atoms with Gasteiger partial charge in [-0.3, -0.25) is 0 Å². The standard InChI is InChI=1S/C14H16O2S/c1-11(15)12-4-2-5-13(10-12)16-8-7-14-6-3-9-17-14/h2-6,9-11,15H,7-8H2,1H3. The van der Waals surface area contributed by atoms with Crippen molar-refractivity contribution in [3.8, 4) is 5.75 Å². The molecule has 0 saturated carbocycles. The van der Waals surface area contributed by atoms with Crippen molar-refractivity contribution < 1.29 is 9.84 Å². The molecule has 1 heterocycles. The van der Waals surface area contributed by atoms with Gasteiger partial charge >= 0.3 is 0 Å². The second-order valence-corrected chi connectivity index (χ2v) is 4.96. The van der Waals surface area contributed by atoms with Crippen LogP contribution in [0.2, 0.25) is 0 Å². The first-order valence-corrected chi connectivity index (χ1v) is 6.57. The maximum atomic E-state index is 9.47. The third-order valence-electron chi connectivity index (χ3n) is 2.54. The van der Waals surface area contributed by atoms with Crippen molar-refractivity contribution in [3.63, 3.8) is 0 Å². The SMILES string of the molecule is CC(O)c1cccc(OCCc2cccs2)c1. The summed E-state index contributed by atoms with van der Waals surface area (Å²) in [5.74, 6) is 0.819. The van der Waals surface area contributed by atoms with Crippen LogP contribution in [0.25, 0.3) is 0 Å². The first-order valence-electron chi connectivity index (χ1n) is 5.69. The van der Waals surface area contributed by atoms with E-state index < -0.39 is 6.10 Å². The Labute approximate surface area is 105 Å². The average molecular weight is 248 g/mol. The van der Waals surface area contributed by atoms with Gasteiger partial charge in [0, 0.05) is 11.3 Å². The quantitative estimate of drug-likeness (QED) is 0.878. The molecule has 0 aliphatic carbocycles. The molecule has 0 bridgehead atoms. The lowest BCUT2D eigenvalue weighted by Crippen LogP contribution is -2.01. The summed E-state index contributed by atoms with van der Waals surface area (Å²) in [4.78, 5) is 1.33. The van der Waals surface area contributed by atoms with Crippen LogP contribution in [0.1, 0.15) is 23.5 Å². The van der Waals surface area contributed by atoms with E-state index in [-0.39, 0.29) is 0 Å². The predicted molar refractivity (Wildman–Crippen MR) is 70.6 cm³/mol. The van der Waals surface area contributed by atoms with E-state index in [1.807, 2.05) is 30.3 Å². The zero-order valence-corrected chi connectivity index (χ0v) is 10.6. The molecule has 0 radical (unpaired) electrons. The highest BCUT2D eigenvalue weighted by atomic mass is 32.1. The molecule has 0 aliphatic heterocycles. The second-order valence-electron chi connectivity index (χ2n) is 3.93. The summed E-state index contributed by atoms with van der Waals surface area (Å²) in [7, 11) is 0. The molecule has 1 N–H and O–H groups in total. The van der Waals surface area contributed by atoms with Crippen LogP contribution in [0.5, 0.6) is 5.75 Å². The molecule has 1 aromatic carbocycles. The highest BCUT2D eigenvalue weighted by molar-refractivity contribution is 7.09.